The summed E-state index contributed by atoms with van der Waals surface area (Å²) < 4.78 is 24.1. The molecule has 1 radical (unpaired) electrons. The maximum absolute atomic E-state index is 12.1. The van der Waals surface area contributed by atoms with Gasteiger partial charge in [0.05, 0.1) is 10.5 Å². The largest absolute Gasteiger partial charge is 0.290 e. The number of nitrogens with one attached hydrogen (secondary N) is 1. The second kappa shape index (κ2) is 5.80. The molecule has 0 aliphatic carbocycles. The molecule has 0 unspecified atom stereocenters. The van der Waals surface area contributed by atoms with E-state index in [2.05, 4.69) is 0 Å². The van der Waals surface area contributed by atoms with Gasteiger partial charge in [-0.3, -0.25) is 15.0 Å². The molecule has 6 nitrogen and oxygen atoms in total. The fraction of sp³-hybridized carbons (Fsp3) is 0.0769. The number of fused-ring (bicyclic) bond motifs is 1. The first-order valence-electron chi connectivity index (χ1n) is 5.71. The van der Waals surface area contributed by atoms with Crippen LogP contribution in [0.25, 0.3) is 10.8 Å². The van der Waals surface area contributed by atoms with Crippen molar-refractivity contribution < 1.29 is 18.0 Å². The molecule has 0 spiro atoms. The van der Waals surface area contributed by atoms with Gasteiger partial charge in [-0.25, -0.2) is 14.3 Å². The molecule has 8 heteroatoms. The molecular formula is C13H10ClN2O4S. The fourth-order valence-electron chi connectivity index (χ4n) is 2.00. The zero-order valence-electron chi connectivity index (χ0n) is 10.6. The van der Waals surface area contributed by atoms with Crippen molar-refractivity contribution in [3.8, 4) is 0 Å². The van der Waals surface area contributed by atoms with Crippen LogP contribution in [0.5, 0.6) is 0 Å². The molecule has 0 aromatic heterocycles. The van der Waals surface area contributed by atoms with Crippen molar-refractivity contribution in [2.75, 3.05) is 5.75 Å². The van der Waals surface area contributed by atoms with E-state index in [0.717, 1.165) is 0 Å². The molecule has 21 heavy (non-hydrogen) atoms. The molecule has 2 aromatic rings. The van der Waals surface area contributed by atoms with E-state index < -0.39 is 21.5 Å². The Balaban J connectivity index is 2.86. The van der Waals surface area contributed by atoms with Gasteiger partial charge in [0.15, 0.2) is 9.84 Å². The average Bonchev–Trinajstić information content (AvgIpc) is 2.44. The van der Waals surface area contributed by atoms with Gasteiger partial charge >= 0.3 is 0 Å². The summed E-state index contributed by atoms with van der Waals surface area (Å²) in [6, 6.07) is 7.39. The van der Waals surface area contributed by atoms with Crippen molar-refractivity contribution in [1.82, 2.24) is 5.43 Å². The van der Waals surface area contributed by atoms with Crippen LogP contribution in [0.3, 0.4) is 0 Å². The SMILES string of the molecule is NNC(=O)c1c(S(=O)(=O)C[C]=O)ccc2cc(Cl)ccc12. The topological polar surface area (TPSA) is 106 Å². The lowest BCUT2D eigenvalue weighted by Gasteiger charge is -2.11. The van der Waals surface area contributed by atoms with E-state index in [4.69, 9.17) is 17.4 Å². The Labute approximate surface area is 125 Å². The second-order valence-corrected chi connectivity index (χ2v) is 6.58. The summed E-state index contributed by atoms with van der Waals surface area (Å²) in [6.07, 6.45) is 1.33. The van der Waals surface area contributed by atoms with Crippen molar-refractivity contribution >= 4 is 44.4 Å². The third-order valence-electron chi connectivity index (χ3n) is 2.89. The number of hydrogen-bond donors (Lipinski definition) is 2. The highest BCUT2D eigenvalue weighted by atomic mass is 35.5. The lowest BCUT2D eigenvalue weighted by Crippen LogP contribution is -2.31. The number of carbonyl (C=O) groups excluding carboxylic acids is 2. The van der Waals surface area contributed by atoms with Crippen LogP contribution in [0.1, 0.15) is 10.4 Å². The summed E-state index contributed by atoms with van der Waals surface area (Å²) in [5.41, 5.74) is 1.78. The molecule has 0 atom stereocenters. The zero-order valence-corrected chi connectivity index (χ0v) is 12.2. The normalized spacial score (nSPS) is 11.3. The molecule has 109 valence electrons. The fourth-order valence-corrected chi connectivity index (χ4v) is 3.28. The lowest BCUT2D eigenvalue weighted by molar-refractivity contribution is 0.0952. The molecule has 3 N–H and O–H groups in total. The van der Waals surface area contributed by atoms with Crippen molar-refractivity contribution in [3.05, 3.63) is 40.9 Å². The number of amides is 1. The number of carbonyl (C=O) groups is 1. The Hall–Kier alpha value is -1.96. The molecule has 0 aliphatic rings. The number of hydrogen-bond acceptors (Lipinski definition) is 5. The van der Waals surface area contributed by atoms with E-state index >= 15 is 0 Å². The third-order valence-corrected chi connectivity index (χ3v) is 4.63. The van der Waals surface area contributed by atoms with Gasteiger partial charge in [0.25, 0.3) is 5.91 Å². The molecule has 0 fully saturated rings. The molecular weight excluding hydrogens is 316 g/mol. The van der Waals surface area contributed by atoms with Gasteiger partial charge in [0, 0.05) is 5.02 Å². The predicted molar refractivity (Wildman–Crippen MR) is 78.4 cm³/mol. The van der Waals surface area contributed by atoms with Crippen molar-refractivity contribution in [1.29, 1.82) is 0 Å². The quantitative estimate of drug-likeness (QED) is 0.495. The molecule has 0 saturated carbocycles. The van der Waals surface area contributed by atoms with Crippen LogP contribution in [0.4, 0.5) is 0 Å². The van der Waals surface area contributed by atoms with E-state index in [1.54, 1.807) is 6.07 Å². The van der Waals surface area contributed by atoms with Gasteiger partial charge in [0.2, 0.25) is 6.29 Å². The highest BCUT2D eigenvalue weighted by Gasteiger charge is 2.24. The van der Waals surface area contributed by atoms with Crippen LogP contribution >= 0.6 is 11.6 Å². The summed E-state index contributed by atoms with van der Waals surface area (Å²) in [7, 11) is -3.97. The number of nitrogens with two attached hydrogens (primary N) is 1. The van der Waals surface area contributed by atoms with Crippen LogP contribution in [0.2, 0.25) is 5.02 Å². The Morgan fingerprint density at radius 2 is 2.00 bits per heavy atom. The van der Waals surface area contributed by atoms with Gasteiger partial charge in [0.1, 0.15) is 5.75 Å². The smallest absolute Gasteiger partial charge is 0.267 e. The molecule has 0 bridgehead atoms. The van der Waals surface area contributed by atoms with Crippen molar-refractivity contribution in [3.63, 3.8) is 0 Å². The predicted octanol–water partition coefficient (Wildman–Crippen LogP) is 0.980. The summed E-state index contributed by atoms with van der Waals surface area (Å²) in [4.78, 5) is 22.1. The zero-order chi connectivity index (χ0) is 15.6. The van der Waals surface area contributed by atoms with Gasteiger partial charge in [-0.1, -0.05) is 23.7 Å². The summed E-state index contributed by atoms with van der Waals surface area (Å²) in [5, 5.41) is 1.39. The molecule has 1 amide bonds. The first kappa shape index (κ1) is 15.4. The molecule has 0 saturated heterocycles. The number of hydrazine groups is 1. The summed E-state index contributed by atoms with van der Waals surface area (Å²) >= 11 is 5.87. The molecule has 0 aliphatic heterocycles. The maximum Gasteiger partial charge on any atom is 0.267 e. The minimum atomic E-state index is -3.97. The van der Waals surface area contributed by atoms with Gasteiger partial charge in [-0.2, -0.15) is 0 Å². The van der Waals surface area contributed by atoms with Crippen LogP contribution < -0.4 is 11.3 Å². The molecule has 2 aromatic carbocycles. The van der Waals surface area contributed by atoms with E-state index in [0.29, 0.717) is 15.8 Å². The summed E-state index contributed by atoms with van der Waals surface area (Å²) in [5.74, 6) is 3.51. The standard InChI is InChI=1S/C13H10ClN2O4S/c14-9-2-3-10-8(7-9)1-4-11(12(10)13(18)16-15)21(19,20)6-5-17/h1-4,7H,6,15H2,(H,16,18). The first-order valence-corrected chi connectivity index (χ1v) is 7.74. The Morgan fingerprint density at radius 3 is 2.62 bits per heavy atom. The Morgan fingerprint density at radius 1 is 1.29 bits per heavy atom. The Kier molecular flexibility index (Phi) is 4.26. The number of rotatable bonds is 4. The maximum atomic E-state index is 12.1. The monoisotopic (exact) mass is 325 g/mol. The van der Waals surface area contributed by atoms with Crippen LogP contribution in [-0.2, 0) is 14.6 Å². The number of nitrogen functional groups attached to an aromatic ring is 1. The minimum Gasteiger partial charge on any atom is -0.290 e. The van der Waals surface area contributed by atoms with Gasteiger partial charge < -0.3 is 0 Å². The molecule has 2 rings (SSSR count). The number of halogens is 1. The van der Waals surface area contributed by atoms with Gasteiger partial charge in [-0.15, -0.1) is 0 Å². The average molecular weight is 326 g/mol. The number of sulfone groups is 1. The van der Waals surface area contributed by atoms with E-state index in [1.807, 2.05) is 5.43 Å². The second-order valence-electron chi connectivity index (χ2n) is 4.18. The minimum absolute atomic E-state index is 0.123. The van der Waals surface area contributed by atoms with E-state index in [-0.39, 0.29) is 10.5 Å². The van der Waals surface area contributed by atoms with Crippen molar-refractivity contribution in [2.45, 2.75) is 4.90 Å². The van der Waals surface area contributed by atoms with Crippen LogP contribution in [0.15, 0.2) is 35.2 Å². The van der Waals surface area contributed by atoms with E-state index in [9.17, 15) is 18.0 Å². The lowest BCUT2D eigenvalue weighted by atomic mass is 10.0. The summed E-state index contributed by atoms with van der Waals surface area (Å²) in [6.45, 7) is 0. The van der Waals surface area contributed by atoms with E-state index in [1.165, 1.54) is 30.6 Å². The highest BCUT2D eigenvalue weighted by Crippen LogP contribution is 2.28. The third kappa shape index (κ3) is 2.90. The van der Waals surface area contributed by atoms with Gasteiger partial charge in [-0.05, 0) is 29.0 Å². The Bertz CT molecular complexity index is 833. The molecule has 0 heterocycles. The highest BCUT2D eigenvalue weighted by molar-refractivity contribution is 7.92. The van der Waals surface area contributed by atoms with Crippen LogP contribution in [-0.4, -0.2) is 26.4 Å². The first-order chi connectivity index (χ1) is 9.90. The number of benzene rings is 2. The van der Waals surface area contributed by atoms with Crippen LogP contribution in [0, 0.1) is 0 Å². The van der Waals surface area contributed by atoms with Crippen molar-refractivity contribution in [2.24, 2.45) is 5.84 Å².